The van der Waals surface area contributed by atoms with Crippen molar-refractivity contribution in [1.29, 1.82) is 0 Å². The maximum absolute atomic E-state index is 2.64. The smallest absolute Gasteiger partial charge is 0.308 e. The van der Waals surface area contributed by atoms with E-state index in [0.717, 1.165) is 6.54 Å². The van der Waals surface area contributed by atoms with E-state index in [4.69, 9.17) is 0 Å². The van der Waals surface area contributed by atoms with Crippen molar-refractivity contribution in [2.75, 3.05) is 101 Å². The van der Waals surface area contributed by atoms with Gasteiger partial charge in [0.1, 0.15) is 0 Å². The summed E-state index contributed by atoms with van der Waals surface area (Å²) in [4.78, 5) is 12.4. The van der Waals surface area contributed by atoms with Crippen LogP contribution in [0.2, 0.25) is 0 Å². The second kappa shape index (κ2) is 13.6. The van der Waals surface area contributed by atoms with Crippen molar-refractivity contribution in [3.8, 4) is 0 Å². The van der Waals surface area contributed by atoms with Crippen molar-refractivity contribution >= 4 is 0 Å². The van der Waals surface area contributed by atoms with E-state index in [1.165, 1.54) is 71.7 Å². The van der Waals surface area contributed by atoms with E-state index >= 15 is 0 Å². The summed E-state index contributed by atoms with van der Waals surface area (Å²) in [5.74, 6) is 0. The van der Waals surface area contributed by atoms with Gasteiger partial charge in [0.25, 0.3) is 0 Å². The molecule has 141 valence electrons. The van der Waals surface area contributed by atoms with Gasteiger partial charge in [-0.15, -0.1) is 0 Å². The minimum atomic E-state index is 0. The Bertz CT molecular complexity index is 278. The summed E-state index contributed by atoms with van der Waals surface area (Å²) in [5, 5.41) is 0. The number of hydrogen-bond donors (Lipinski definition) is 0. The molecule has 0 aromatic rings. The van der Waals surface area contributed by atoms with Gasteiger partial charge in [-0.2, -0.15) is 0 Å². The molecule has 0 aromatic carbocycles. The average Bonchev–Trinajstić information content (AvgIpc) is 2.46. The Morgan fingerprint density at radius 3 is 1.57 bits per heavy atom. The van der Waals surface area contributed by atoms with Crippen molar-refractivity contribution in [2.45, 2.75) is 12.8 Å². The fourth-order valence-corrected chi connectivity index (χ4v) is 2.84. The zero-order chi connectivity index (χ0) is 16.4. The minimum Gasteiger partial charge on any atom is -0.308 e. The molecule has 0 bridgehead atoms. The van der Waals surface area contributed by atoms with E-state index in [2.05, 4.69) is 59.7 Å². The van der Waals surface area contributed by atoms with Crippen molar-refractivity contribution < 1.29 is 17.1 Å². The fourth-order valence-electron chi connectivity index (χ4n) is 2.84. The topological polar surface area (TPSA) is 16.2 Å². The first kappa shape index (κ1) is 23.3. The molecular formula is C17H39CuN5+2. The first-order valence-corrected chi connectivity index (χ1v) is 8.90. The molecular weight excluding hydrogens is 338 g/mol. The molecule has 5 nitrogen and oxygen atoms in total. The maximum atomic E-state index is 2.64. The van der Waals surface area contributed by atoms with Crippen LogP contribution in [0, 0.1) is 0 Å². The molecule has 1 aliphatic heterocycles. The molecule has 1 rings (SSSR count). The van der Waals surface area contributed by atoms with E-state index in [-0.39, 0.29) is 17.1 Å². The zero-order valence-electron chi connectivity index (χ0n) is 16.0. The van der Waals surface area contributed by atoms with Crippen LogP contribution in [0.25, 0.3) is 0 Å². The number of likely N-dealkylation sites (N-methyl/N-ethyl adjacent to an activating group) is 4. The Hall–Kier alpha value is 0.319. The van der Waals surface area contributed by atoms with Gasteiger partial charge in [-0.3, -0.25) is 0 Å². The SMILES string of the molecule is CN(C)CCN1CCCN(C)CCN(C)CCCN(C)CC1.[Cu+2]. The standard InChI is InChI=1S/C17H39N5.Cu/c1-18(2)12-16-22-11-7-10-20(4)14-13-19(3)8-6-9-21(5)15-17-22;/h6-17H2,1-5H3;/q;+2. The monoisotopic (exact) mass is 376 g/mol. The van der Waals surface area contributed by atoms with Crippen LogP contribution >= 0.6 is 0 Å². The van der Waals surface area contributed by atoms with Gasteiger partial charge in [-0.25, -0.2) is 0 Å². The Balaban J connectivity index is 0.00000484. The molecule has 1 radical (unpaired) electrons. The van der Waals surface area contributed by atoms with Gasteiger partial charge in [0.05, 0.1) is 0 Å². The normalized spacial score (nSPS) is 22.7. The van der Waals surface area contributed by atoms with Gasteiger partial charge in [-0.1, -0.05) is 0 Å². The van der Waals surface area contributed by atoms with Crippen LogP contribution in [0.3, 0.4) is 0 Å². The summed E-state index contributed by atoms with van der Waals surface area (Å²) < 4.78 is 0. The Kier molecular flexibility index (Phi) is 13.8. The largest absolute Gasteiger partial charge is 2.00 e. The van der Waals surface area contributed by atoms with Crippen LogP contribution in [-0.2, 0) is 17.1 Å². The third-order valence-corrected chi connectivity index (χ3v) is 4.62. The number of rotatable bonds is 3. The molecule has 1 fully saturated rings. The summed E-state index contributed by atoms with van der Waals surface area (Å²) in [6, 6.07) is 0. The molecule has 0 amide bonds. The van der Waals surface area contributed by atoms with E-state index in [1.807, 2.05) is 0 Å². The molecule has 6 heteroatoms. The molecule has 0 unspecified atom stereocenters. The second-order valence-electron chi connectivity index (χ2n) is 7.26. The van der Waals surface area contributed by atoms with Gasteiger partial charge >= 0.3 is 17.1 Å². The van der Waals surface area contributed by atoms with Crippen LogP contribution in [0.4, 0.5) is 0 Å². The third kappa shape index (κ3) is 12.3. The minimum absolute atomic E-state index is 0. The maximum Gasteiger partial charge on any atom is 2.00 e. The van der Waals surface area contributed by atoms with Gasteiger partial charge < -0.3 is 24.5 Å². The van der Waals surface area contributed by atoms with Crippen molar-refractivity contribution in [1.82, 2.24) is 24.5 Å². The van der Waals surface area contributed by atoms with E-state index < -0.39 is 0 Å². The average molecular weight is 377 g/mol. The molecule has 1 heterocycles. The molecule has 1 saturated heterocycles. The Morgan fingerprint density at radius 2 is 1.09 bits per heavy atom. The van der Waals surface area contributed by atoms with Crippen LogP contribution in [0.15, 0.2) is 0 Å². The van der Waals surface area contributed by atoms with Crippen molar-refractivity contribution in [3.63, 3.8) is 0 Å². The number of nitrogens with zero attached hydrogens (tertiary/aromatic N) is 5. The summed E-state index contributed by atoms with van der Waals surface area (Å²) in [6.45, 7) is 12.0. The molecule has 1 aliphatic rings. The molecule has 0 saturated carbocycles. The zero-order valence-corrected chi connectivity index (χ0v) is 17.0. The summed E-state index contributed by atoms with van der Waals surface area (Å²) >= 11 is 0. The van der Waals surface area contributed by atoms with Gasteiger partial charge in [0.2, 0.25) is 0 Å². The van der Waals surface area contributed by atoms with Crippen molar-refractivity contribution in [2.24, 2.45) is 0 Å². The van der Waals surface area contributed by atoms with Crippen LogP contribution in [0.5, 0.6) is 0 Å². The first-order chi connectivity index (χ1) is 10.5. The molecule has 0 spiro atoms. The predicted molar refractivity (Wildman–Crippen MR) is 96.7 cm³/mol. The molecule has 0 aliphatic carbocycles. The van der Waals surface area contributed by atoms with Crippen LogP contribution in [0.1, 0.15) is 12.8 Å². The quantitative estimate of drug-likeness (QED) is 0.662. The van der Waals surface area contributed by atoms with E-state index in [9.17, 15) is 0 Å². The molecule has 0 N–H and O–H groups in total. The predicted octanol–water partition coefficient (Wildman–Crippen LogP) is 0.437. The van der Waals surface area contributed by atoms with Gasteiger partial charge in [0.15, 0.2) is 0 Å². The summed E-state index contributed by atoms with van der Waals surface area (Å²) in [7, 11) is 11.1. The summed E-state index contributed by atoms with van der Waals surface area (Å²) in [6.07, 6.45) is 2.55. The van der Waals surface area contributed by atoms with Gasteiger partial charge in [-0.05, 0) is 74.3 Å². The van der Waals surface area contributed by atoms with E-state index in [0.29, 0.717) is 0 Å². The molecule has 0 aromatic heterocycles. The van der Waals surface area contributed by atoms with Crippen LogP contribution in [-0.4, -0.2) is 125 Å². The third-order valence-electron chi connectivity index (χ3n) is 4.62. The first-order valence-electron chi connectivity index (χ1n) is 8.90. The summed E-state index contributed by atoms with van der Waals surface area (Å²) in [5.41, 5.74) is 0. The number of hydrogen-bond acceptors (Lipinski definition) is 5. The second-order valence-corrected chi connectivity index (χ2v) is 7.26. The van der Waals surface area contributed by atoms with E-state index in [1.54, 1.807) is 0 Å². The molecule has 0 atom stereocenters. The van der Waals surface area contributed by atoms with Crippen molar-refractivity contribution in [3.05, 3.63) is 0 Å². The Labute approximate surface area is 155 Å². The fraction of sp³-hybridized carbons (Fsp3) is 1.00. The molecule has 23 heavy (non-hydrogen) atoms. The van der Waals surface area contributed by atoms with Crippen LogP contribution < -0.4 is 0 Å². The van der Waals surface area contributed by atoms with Gasteiger partial charge in [0, 0.05) is 39.3 Å². The Morgan fingerprint density at radius 1 is 0.652 bits per heavy atom.